The molecule has 3 rings (SSSR count). The fourth-order valence-corrected chi connectivity index (χ4v) is 2.77. The SMILES string of the molecule is COc1cc(C[C@@H]2CC(=O)N(c3ccccc3)C2)nc(N)n1. The largest absolute Gasteiger partial charge is 0.481 e. The molecule has 0 aliphatic carbocycles. The van der Waals surface area contributed by atoms with Crippen molar-refractivity contribution in [2.75, 3.05) is 24.3 Å². The van der Waals surface area contributed by atoms with Crippen LogP contribution in [0.5, 0.6) is 5.88 Å². The van der Waals surface area contributed by atoms with Crippen LogP contribution in [0.4, 0.5) is 11.6 Å². The first kappa shape index (κ1) is 14.3. The van der Waals surface area contributed by atoms with Gasteiger partial charge in [0.05, 0.1) is 12.8 Å². The average molecular weight is 298 g/mol. The maximum absolute atomic E-state index is 12.2. The molecule has 1 aliphatic heterocycles. The third-order valence-corrected chi connectivity index (χ3v) is 3.75. The summed E-state index contributed by atoms with van der Waals surface area (Å²) in [6.07, 6.45) is 1.19. The van der Waals surface area contributed by atoms with Gasteiger partial charge in [0.1, 0.15) is 0 Å². The van der Waals surface area contributed by atoms with E-state index in [-0.39, 0.29) is 17.8 Å². The van der Waals surface area contributed by atoms with Crippen molar-refractivity contribution in [2.45, 2.75) is 12.8 Å². The van der Waals surface area contributed by atoms with Crippen LogP contribution in [-0.4, -0.2) is 29.5 Å². The number of carbonyl (C=O) groups excluding carboxylic acids is 1. The number of aromatic nitrogens is 2. The molecule has 2 aromatic rings. The van der Waals surface area contributed by atoms with E-state index in [0.717, 1.165) is 11.4 Å². The first-order valence-corrected chi connectivity index (χ1v) is 7.18. The Hall–Kier alpha value is -2.63. The minimum Gasteiger partial charge on any atom is -0.481 e. The summed E-state index contributed by atoms with van der Waals surface area (Å²) in [6, 6.07) is 11.5. The van der Waals surface area contributed by atoms with Crippen molar-refractivity contribution in [1.82, 2.24) is 9.97 Å². The Labute approximate surface area is 128 Å². The predicted octanol–water partition coefficient (Wildman–Crippen LogP) is 1.66. The van der Waals surface area contributed by atoms with E-state index in [9.17, 15) is 4.79 Å². The summed E-state index contributed by atoms with van der Waals surface area (Å²) in [7, 11) is 1.54. The third-order valence-electron chi connectivity index (χ3n) is 3.75. The van der Waals surface area contributed by atoms with Crippen LogP contribution in [0.25, 0.3) is 0 Å². The number of methoxy groups -OCH3 is 1. The van der Waals surface area contributed by atoms with Gasteiger partial charge >= 0.3 is 0 Å². The zero-order valence-corrected chi connectivity index (χ0v) is 12.4. The Morgan fingerprint density at radius 1 is 1.32 bits per heavy atom. The van der Waals surface area contributed by atoms with Crippen LogP contribution in [-0.2, 0) is 11.2 Å². The summed E-state index contributed by atoms with van der Waals surface area (Å²) in [4.78, 5) is 22.2. The number of nitrogens with two attached hydrogens (primary N) is 1. The topological polar surface area (TPSA) is 81.3 Å². The standard InChI is InChI=1S/C16H18N4O2/c1-22-14-9-12(18-16(17)19-14)7-11-8-15(21)20(10-11)13-5-3-2-4-6-13/h2-6,9,11H,7-8,10H2,1H3,(H2,17,18,19)/t11-/m1/s1. The van der Waals surface area contributed by atoms with Gasteiger partial charge in [-0.15, -0.1) is 0 Å². The molecule has 1 atom stereocenters. The maximum atomic E-state index is 12.2. The first-order chi connectivity index (χ1) is 10.7. The number of nitrogen functional groups attached to an aromatic ring is 1. The summed E-state index contributed by atoms with van der Waals surface area (Å²) >= 11 is 0. The molecule has 1 saturated heterocycles. The van der Waals surface area contributed by atoms with E-state index in [2.05, 4.69) is 9.97 Å². The van der Waals surface area contributed by atoms with Gasteiger partial charge in [0, 0.05) is 24.7 Å². The van der Waals surface area contributed by atoms with E-state index < -0.39 is 0 Å². The van der Waals surface area contributed by atoms with Crippen LogP contribution in [0.1, 0.15) is 12.1 Å². The normalized spacial score (nSPS) is 17.8. The lowest BCUT2D eigenvalue weighted by molar-refractivity contribution is -0.117. The number of rotatable bonds is 4. The molecule has 2 heterocycles. The second kappa shape index (κ2) is 6.01. The molecule has 1 fully saturated rings. The molecule has 114 valence electrons. The highest BCUT2D eigenvalue weighted by Crippen LogP contribution is 2.27. The number of nitrogens with zero attached hydrogens (tertiary/aromatic N) is 3. The van der Waals surface area contributed by atoms with Crippen LogP contribution in [0.15, 0.2) is 36.4 Å². The fourth-order valence-electron chi connectivity index (χ4n) is 2.77. The van der Waals surface area contributed by atoms with Crippen molar-refractivity contribution >= 4 is 17.5 Å². The molecular weight excluding hydrogens is 280 g/mol. The number of hydrogen-bond acceptors (Lipinski definition) is 5. The monoisotopic (exact) mass is 298 g/mol. The van der Waals surface area contributed by atoms with Crippen molar-refractivity contribution in [3.05, 3.63) is 42.1 Å². The van der Waals surface area contributed by atoms with E-state index >= 15 is 0 Å². The minimum atomic E-state index is 0.144. The van der Waals surface area contributed by atoms with Crippen molar-refractivity contribution in [3.63, 3.8) is 0 Å². The van der Waals surface area contributed by atoms with Crippen molar-refractivity contribution in [1.29, 1.82) is 0 Å². The lowest BCUT2D eigenvalue weighted by atomic mass is 10.0. The molecule has 1 amide bonds. The number of amides is 1. The third kappa shape index (κ3) is 3.00. The van der Waals surface area contributed by atoms with E-state index in [1.165, 1.54) is 0 Å². The summed E-state index contributed by atoms with van der Waals surface area (Å²) in [5.74, 6) is 1.00. The highest BCUT2D eigenvalue weighted by molar-refractivity contribution is 5.95. The quantitative estimate of drug-likeness (QED) is 0.928. The Morgan fingerprint density at radius 3 is 2.82 bits per heavy atom. The number of anilines is 2. The Kier molecular flexibility index (Phi) is 3.91. The molecule has 0 saturated carbocycles. The molecule has 0 bridgehead atoms. The van der Waals surface area contributed by atoms with Crippen molar-refractivity contribution in [2.24, 2.45) is 5.92 Å². The second-order valence-electron chi connectivity index (χ2n) is 5.37. The van der Waals surface area contributed by atoms with E-state index in [4.69, 9.17) is 10.5 Å². The number of benzene rings is 1. The van der Waals surface area contributed by atoms with E-state index in [1.54, 1.807) is 13.2 Å². The number of para-hydroxylation sites is 1. The maximum Gasteiger partial charge on any atom is 0.227 e. The molecule has 1 aliphatic rings. The number of ether oxygens (including phenoxy) is 1. The molecule has 1 aromatic carbocycles. The highest BCUT2D eigenvalue weighted by Gasteiger charge is 2.30. The van der Waals surface area contributed by atoms with Gasteiger partial charge < -0.3 is 15.4 Å². The minimum absolute atomic E-state index is 0.144. The number of carbonyl (C=O) groups is 1. The fraction of sp³-hybridized carbons (Fsp3) is 0.312. The second-order valence-corrected chi connectivity index (χ2v) is 5.37. The van der Waals surface area contributed by atoms with Gasteiger partial charge in [0.15, 0.2) is 0 Å². The van der Waals surface area contributed by atoms with Crippen molar-refractivity contribution in [3.8, 4) is 5.88 Å². The van der Waals surface area contributed by atoms with Crippen molar-refractivity contribution < 1.29 is 9.53 Å². The molecular formula is C16H18N4O2. The van der Waals surface area contributed by atoms with Gasteiger partial charge in [-0.1, -0.05) is 18.2 Å². The molecule has 0 spiro atoms. The smallest absolute Gasteiger partial charge is 0.227 e. The van der Waals surface area contributed by atoms with Crippen LogP contribution >= 0.6 is 0 Å². The molecule has 2 N–H and O–H groups in total. The van der Waals surface area contributed by atoms with Crippen LogP contribution in [0.3, 0.4) is 0 Å². The lowest BCUT2D eigenvalue weighted by Crippen LogP contribution is -2.24. The highest BCUT2D eigenvalue weighted by atomic mass is 16.5. The zero-order valence-electron chi connectivity index (χ0n) is 12.4. The molecule has 0 unspecified atom stereocenters. The van der Waals surface area contributed by atoms with E-state index in [0.29, 0.717) is 25.3 Å². The van der Waals surface area contributed by atoms with Crippen LogP contribution in [0.2, 0.25) is 0 Å². The predicted molar refractivity (Wildman–Crippen MR) is 83.6 cm³/mol. The van der Waals surface area contributed by atoms with Gasteiger partial charge in [0.2, 0.25) is 17.7 Å². The Morgan fingerprint density at radius 2 is 2.09 bits per heavy atom. The summed E-state index contributed by atoms with van der Waals surface area (Å²) in [5, 5.41) is 0. The van der Waals surface area contributed by atoms with Gasteiger partial charge in [-0.3, -0.25) is 4.79 Å². The van der Waals surface area contributed by atoms with Gasteiger partial charge in [-0.25, -0.2) is 4.98 Å². The van der Waals surface area contributed by atoms with E-state index in [1.807, 2.05) is 35.2 Å². The Bertz CT molecular complexity index is 675. The summed E-state index contributed by atoms with van der Waals surface area (Å²) < 4.78 is 5.10. The molecule has 6 heteroatoms. The van der Waals surface area contributed by atoms with Gasteiger partial charge in [-0.05, 0) is 24.5 Å². The molecule has 22 heavy (non-hydrogen) atoms. The lowest BCUT2D eigenvalue weighted by Gasteiger charge is -2.16. The van der Waals surface area contributed by atoms with Gasteiger partial charge in [0.25, 0.3) is 0 Å². The van der Waals surface area contributed by atoms with Crippen LogP contribution < -0.4 is 15.4 Å². The number of hydrogen-bond donors (Lipinski definition) is 1. The average Bonchev–Trinajstić information content (AvgIpc) is 2.88. The molecule has 6 nitrogen and oxygen atoms in total. The first-order valence-electron chi connectivity index (χ1n) is 7.18. The molecule has 0 radical (unpaired) electrons. The summed E-state index contributed by atoms with van der Waals surface area (Å²) in [5.41, 5.74) is 7.42. The Balaban J connectivity index is 1.73. The van der Waals surface area contributed by atoms with Crippen LogP contribution in [0, 0.1) is 5.92 Å². The van der Waals surface area contributed by atoms with Gasteiger partial charge in [-0.2, -0.15) is 4.98 Å². The summed E-state index contributed by atoms with van der Waals surface area (Å²) in [6.45, 7) is 0.690. The zero-order chi connectivity index (χ0) is 15.5. The molecule has 1 aromatic heterocycles.